The number of nitrogens with zero attached hydrogens (tertiary/aromatic N) is 1. The van der Waals surface area contributed by atoms with Crippen LogP contribution in [0.2, 0.25) is 0 Å². The van der Waals surface area contributed by atoms with Gasteiger partial charge in [-0.1, -0.05) is 130 Å². The van der Waals surface area contributed by atoms with E-state index in [1.54, 1.807) is 0 Å². The molecule has 0 saturated heterocycles. The summed E-state index contributed by atoms with van der Waals surface area (Å²) in [6.45, 7) is 11.3. The predicted molar refractivity (Wildman–Crippen MR) is 260 cm³/mol. The van der Waals surface area contributed by atoms with Crippen molar-refractivity contribution in [2.45, 2.75) is 26.2 Å². The van der Waals surface area contributed by atoms with Gasteiger partial charge in [-0.05, 0) is 70.1 Å². The lowest BCUT2D eigenvalue weighted by Gasteiger charge is -2.27. The van der Waals surface area contributed by atoms with Crippen LogP contribution in [0, 0.1) is 0 Å². The van der Waals surface area contributed by atoms with Gasteiger partial charge in [0.25, 0.3) is 0 Å². The lowest BCUT2D eigenvalue weighted by atomic mass is 9.58. The van der Waals surface area contributed by atoms with Crippen LogP contribution in [0.3, 0.4) is 0 Å². The Balaban J connectivity index is 1.08. The van der Waals surface area contributed by atoms with Gasteiger partial charge < -0.3 is 23.5 Å². The van der Waals surface area contributed by atoms with Crippen LogP contribution in [0.4, 0.5) is 11.4 Å². The molecule has 0 radical (unpaired) electrons. The average molecular weight is 799 g/mol. The molecule has 0 unspecified atom stereocenters. The number of hydrogen-bond donors (Lipinski definition) is 1. The minimum atomic E-state index is 0.0531. The van der Waals surface area contributed by atoms with E-state index in [0.29, 0.717) is 0 Å². The highest BCUT2D eigenvalue weighted by molar-refractivity contribution is 6.73. The molecule has 0 amide bonds. The molecule has 8 aromatic carbocycles. The van der Waals surface area contributed by atoms with E-state index in [2.05, 4.69) is 153 Å². The summed E-state index contributed by atoms with van der Waals surface area (Å²) in [5.41, 5.74) is 17.9. The second kappa shape index (κ2) is 12.7. The molecule has 0 saturated carbocycles. The number of nitrogens with one attached hydrogen (secondary N) is 1. The van der Waals surface area contributed by atoms with E-state index >= 15 is 0 Å². The fourth-order valence-corrected chi connectivity index (χ4v) is 10.00. The molecule has 1 N–H and O–H groups in total. The largest absolute Gasteiger partial charge is 0.456 e. The van der Waals surface area contributed by atoms with E-state index in [4.69, 9.17) is 13.6 Å². The van der Waals surface area contributed by atoms with Crippen LogP contribution in [0.25, 0.3) is 93.8 Å². The van der Waals surface area contributed by atoms with Gasteiger partial charge in [-0.15, -0.1) is 0 Å². The molecule has 0 bridgehead atoms. The van der Waals surface area contributed by atoms with Gasteiger partial charge in [-0.25, -0.2) is 0 Å². The highest BCUT2D eigenvalue weighted by atomic mass is 16.5. The van der Waals surface area contributed by atoms with Crippen molar-refractivity contribution in [3.63, 3.8) is 0 Å². The zero-order valence-electron chi connectivity index (χ0n) is 34.6. The minimum Gasteiger partial charge on any atom is -0.456 e. The maximum absolute atomic E-state index is 6.75. The number of anilines is 2. The molecular formula is C56H39BN2O3. The number of benzene rings is 8. The van der Waals surface area contributed by atoms with Crippen LogP contribution < -0.4 is 21.0 Å². The summed E-state index contributed by atoms with van der Waals surface area (Å²) >= 11 is 0. The summed E-state index contributed by atoms with van der Waals surface area (Å²) in [6, 6.07) is 53.9. The Morgan fingerprint density at radius 2 is 1.27 bits per heavy atom. The van der Waals surface area contributed by atoms with Gasteiger partial charge in [0, 0.05) is 84.1 Å². The average Bonchev–Trinajstić information content (AvgIpc) is 3.94. The van der Waals surface area contributed by atoms with Gasteiger partial charge in [-0.2, -0.15) is 0 Å². The lowest BCUT2D eigenvalue weighted by Crippen LogP contribution is -2.37. The zero-order chi connectivity index (χ0) is 41.4. The molecule has 0 aliphatic carbocycles. The molecular weight excluding hydrogens is 759 g/mol. The van der Waals surface area contributed by atoms with E-state index in [9.17, 15) is 0 Å². The predicted octanol–water partition coefficient (Wildman–Crippen LogP) is 13.4. The SMILES string of the molecule is C=C1C=C(c2ccccc2)Oc2cc3c(cc21)Bc1c(-c2cc4c(cc2Nc2ccc(C(C)(C)C)cc2)oc2ccccc24)ccc2c4cc5c(cc4n-3c12)oc1ccccc15. The van der Waals surface area contributed by atoms with Gasteiger partial charge in [0.05, 0.1) is 11.2 Å². The molecule has 2 aliphatic rings. The van der Waals surface area contributed by atoms with Crippen molar-refractivity contribution in [3.8, 4) is 22.6 Å². The summed E-state index contributed by atoms with van der Waals surface area (Å²) in [5, 5.41) is 10.6. The van der Waals surface area contributed by atoms with Crippen LogP contribution >= 0.6 is 0 Å². The van der Waals surface area contributed by atoms with E-state index in [1.165, 1.54) is 38.3 Å². The molecule has 11 aromatic rings. The highest BCUT2D eigenvalue weighted by Gasteiger charge is 2.30. The smallest absolute Gasteiger partial charge is 0.198 e. The van der Waals surface area contributed by atoms with Crippen molar-refractivity contribution in [1.29, 1.82) is 0 Å². The Kier molecular flexibility index (Phi) is 7.17. The lowest BCUT2D eigenvalue weighted by molar-refractivity contribution is 0.509. The summed E-state index contributed by atoms with van der Waals surface area (Å²) in [4.78, 5) is 0. The molecule has 5 heterocycles. The third kappa shape index (κ3) is 5.16. The Labute approximate surface area is 358 Å². The van der Waals surface area contributed by atoms with E-state index in [-0.39, 0.29) is 5.41 Å². The van der Waals surface area contributed by atoms with Crippen molar-refractivity contribution in [1.82, 2.24) is 4.57 Å². The van der Waals surface area contributed by atoms with Crippen LogP contribution in [0.15, 0.2) is 173 Å². The molecule has 0 atom stereocenters. The summed E-state index contributed by atoms with van der Waals surface area (Å²) < 4.78 is 22.3. The number of ether oxygens (including phenoxy) is 1. The first-order valence-electron chi connectivity index (χ1n) is 21.3. The standard InChI is InChI=1S/C56H39BN2O3/c1-31-24-50(32-12-6-5-7-13-32)62-52-30-47-44(27-39(31)52)57-54-37(22-23-38-41-26-43-36-15-9-11-17-49(36)61-53(43)29-46(41)59(47)55(38)54)40-25-42-35-14-8-10-16-48(35)60-51(42)28-45(40)58-34-20-18-33(19-21-34)56(2,3)4/h5-30,57-58H,1H2,2-4H3. The molecule has 13 rings (SSSR count). The Morgan fingerprint density at radius 1 is 0.581 bits per heavy atom. The second-order valence-corrected chi connectivity index (χ2v) is 17.9. The van der Waals surface area contributed by atoms with Gasteiger partial charge in [0.1, 0.15) is 33.8 Å². The monoisotopic (exact) mass is 798 g/mol. The van der Waals surface area contributed by atoms with Crippen molar-refractivity contribution >= 4 is 107 Å². The first-order valence-corrected chi connectivity index (χ1v) is 21.3. The molecule has 3 aromatic heterocycles. The van der Waals surface area contributed by atoms with Crippen molar-refractivity contribution in [3.05, 3.63) is 181 Å². The number of aromatic nitrogens is 1. The van der Waals surface area contributed by atoms with Crippen molar-refractivity contribution in [2.24, 2.45) is 0 Å². The summed E-state index contributed by atoms with van der Waals surface area (Å²) in [5.74, 6) is 1.60. The topological polar surface area (TPSA) is 52.5 Å². The number of rotatable bonds is 4. The maximum atomic E-state index is 6.75. The normalized spacial score (nSPS) is 13.5. The molecule has 2 aliphatic heterocycles. The third-order valence-electron chi connectivity index (χ3n) is 13.1. The van der Waals surface area contributed by atoms with Crippen molar-refractivity contribution in [2.75, 3.05) is 5.32 Å². The number of hydrogen-bond acceptors (Lipinski definition) is 4. The maximum Gasteiger partial charge on any atom is 0.198 e. The van der Waals surface area contributed by atoms with Gasteiger partial charge >= 0.3 is 0 Å². The van der Waals surface area contributed by atoms with Crippen LogP contribution in [0.1, 0.15) is 37.5 Å². The molecule has 5 nitrogen and oxygen atoms in total. The first-order chi connectivity index (χ1) is 30.2. The Morgan fingerprint density at radius 3 is 2.02 bits per heavy atom. The summed E-state index contributed by atoms with van der Waals surface area (Å²) in [6.07, 6.45) is 2.06. The summed E-state index contributed by atoms with van der Waals surface area (Å²) in [7, 11) is 0.719. The zero-order valence-corrected chi connectivity index (χ0v) is 34.6. The number of allylic oxidation sites excluding steroid dienone is 2. The quantitative estimate of drug-likeness (QED) is 0.180. The first kappa shape index (κ1) is 35.1. The number of para-hydroxylation sites is 2. The molecule has 294 valence electrons. The Bertz CT molecular complexity index is 3760. The van der Waals surface area contributed by atoms with Crippen molar-refractivity contribution < 1.29 is 13.6 Å². The minimum absolute atomic E-state index is 0.0531. The number of furan rings is 2. The highest BCUT2D eigenvalue weighted by Crippen LogP contribution is 2.45. The van der Waals surface area contributed by atoms with E-state index in [0.717, 1.165) is 108 Å². The van der Waals surface area contributed by atoms with Gasteiger partial charge in [0.2, 0.25) is 0 Å². The molecule has 62 heavy (non-hydrogen) atoms. The van der Waals surface area contributed by atoms with E-state index < -0.39 is 0 Å². The van der Waals surface area contributed by atoms with Crippen LogP contribution in [0.5, 0.6) is 5.75 Å². The second-order valence-electron chi connectivity index (χ2n) is 17.9. The third-order valence-corrected chi connectivity index (χ3v) is 13.1. The van der Waals surface area contributed by atoms with Crippen LogP contribution in [-0.4, -0.2) is 11.8 Å². The molecule has 6 heteroatoms. The fourth-order valence-electron chi connectivity index (χ4n) is 10.00. The van der Waals surface area contributed by atoms with Crippen LogP contribution in [-0.2, 0) is 5.41 Å². The molecule has 0 spiro atoms. The number of fused-ring (bicyclic) bond motifs is 12. The molecule has 0 fully saturated rings. The Hall–Kier alpha value is -7.70. The van der Waals surface area contributed by atoms with E-state index in [1.807, 2.05) is 42.5 Å². The van der Waals surface area contributed by atoms with Gasteiger partial charge in [-0.3, -0.25) is 0 Å². The van der Waals surface area contributed by atoms with Gasteiger partial charge in [0.15, 0.2) is 7.28 Å². The fraction of sp³-hybridized carbons (Fsp3) is 0.0714.